The number of nitriles is 2. The highest BCUT2D eigenvalue weighted by molar-refractivity contribution is 5.90. The molecule has 1 amide bonds. The molecule has 0 radical (unpaired) electrons. The number of hydrogen-bond donors (Lipinski definition) is 1. The molecule has 0 saturated carbocycles. The van der Waals surface area contributed by atoms with Crippen LogP contribution in [0.5, 0.6) is 0 Å². The van der Waals surface area contributed by atoms with Crippen molar-refractivity contribution in [1.29, 1.82) is 10.5 Å². The average Bonchev–Trinajstić information content (AvgIpc) is 2.43. The second-order valence-corrected chi connectivity index (χ2v) is 4.20. The molecule has 5 nitrogen and oxygen atoms in total. The summed E-state index contributed by atoms with van der Waals surface area (Å²) >= 11 is 0. The predicted molar refractivity (Wildman–Crippen MR) is 72.1 cm³/mol. The van der Waals surface area contributed by atoms with Gasteiger partial charge >= 0.3 is 0 Å². The van der Waals surface area contributed by atoms with Crippen LogP contribution >= 0.6 is 0 Å². The van der Waals surface area contributed by atoms with E-state index in [1.807, 2.05) is 18.0 Å². The summed E-state index contributed by atoms with van der Waals surface area (Å²) in [6, 6.07) is 10.8. The van der Waals surface area contributed by atoms with E-state index in [1.54, 1.807) is 24.3 Å². The topological polar surface area (TPSA) is 79.9 Å². The van der Waals surface area contributed by atoms with Crippen molar-refractivity contribution in [2.75, 3.05) is 25.5 Å². The Morgan fingerprint density at radius 2 is 1.95 bits per heavy atom. The van der Waals surface area contributed by atoms with Crippen molar-refractivity contribution in [3.05, 3.63) is 29.8 Å². The molecule has 0 unspecified atom stereocenters. The Morgan fingerprint density at radius 3 is 2.53 bits per heavy atom. The van der Waals surface area contributed by atoms with Crippen molar-refractivity contribution in [2.24, 2.45) is 0 Å². The van der Waals surface area contributed by atoms with Gasteiger partial charge in [0.2, 0.25) is 5.91 Å². The van der Waals surface area contributed by atoms with E-state index in [1.165, 1.54) is 0 Å². The Hall–Kier alpha value is -2.37. The Labute approximate surface area is 113 Å². The molecule has 0 heterocycles. The summed E-state index contributed by atoms with van der Waals surface area (Å²) in [5.41, 5.74) is 1.25. The first-order chi connectivity index (χ1) is 9.15. The number of benzene rings is 1. The largest absolute Gasteiger partial charge is 0.326 e. The van der Waals surface area contributed by atoms with E-state index < -0.39 is 0 Å². The van der Waals surface area contributed by atoms with Crippen LogP contribution in [0.3, 0.4) is 0 Å². The van der Waals surface area contributed by atoms with Gasteiger partial charge in [-0.3, -0.25) is 4.79 Å². The van der Waals surface area contributed by atoms with Crippen LogP contribution in [0.1, 0.15) is 18.4 Å². The molecule has 0 aliphatic carbocycles. The van der Waals surface area contributed by atoms with E-state index in [9.17, 15) is 4.79 Å². The van der Waals surface area contributed by atoms with Crippen molar-refractivity contribution in [3.8, 4) is 12.1 Å². The zero-order valence-corrected chi connectivity index (χ0v) is 10.9. The predicted octanol–water partition coefficient (Wildman–Crippen LogP) is 1.73. The van der Waals surface area contributed by atoms with Crippen LogP contribution in [0.4, 0.5) is 5.69 Å². The molecule has 0 aliphatic heterocycles. The van der Waals surface area contributed by atoms with Gasteiger partial charge in [0.15, 0.2) is 0 Å². The number of carbonyl (C=O) groups excluding carboxylic acids is 1. The van der Waals surface area contributed by atoms with Crippen LogP contribution < -0.4 is 5.32 Å². The maximum absolute atomic E-state index is 11.7. The summed E-state index contributed by atoms with van der Waals surface area (Å²) < 4.78 is 0. The van der Waals surface area contributed by atoms with Gasteiger partial charge in [-0.1, -0.05) is 0 Å². The summed E-state index contributed by atoms with van der Waals surface area (Å²) in [6.07, 6.45) is 0.843. The van der Waals surface area contributed by atoms with Gasteiger partial charge in [-0.25, -0.2) is 0 Å². The number of hydrogen-bond acceptors (Lipinski definition) is 4. The van der Waals surface area contributed by atoms with Crippen molar-refractivity contribution < 1.29 is 4.79 Å². The number of amides is 1. The zero-order chi connectivity index (χ0) is 14.1. The smallest absolute Gasteiger partial charge is 0.225 e. The lowest BCUT2D eigenvalue weighted by Gasteiger charge is -2.14. The fourth-order valence-corrected chi connectivity index (χ4v) is 1.50. The Morgan fingerprint density at radius 1 is 1.26 bits per heavy atom. The average molecular weight is 256 g/mol. The van der Waals surface area contributed by atoms with E-state index >= 15 is 0 Å². The molecule has 0 aliphatic rings. The molecular formula is C14H16N4O. The van der Waals surface area contributed by atoms with Gasteiger partial charge in [0, 0.05) is 31.6 Å². The van der Waals surface area contributed by atoms with Crippen molar-refractivity contribution >= 4 is 11.6 Å². The van der Waals surface area contributed by atoms with Crippen LogP contribution in [-0.2, 0) is 4.79 Å². The van der Waals surface area contributed by atoms with Gasteiger partial charge in [-0.05, 0) is 31.3 Å². The highest BCUT2D eigenvalue weighted by Gasteiger charge is 2.05. The molecule has 0 fully saturated rings. The summed E-state index contributed by atoms with van der Waals surface area (Å²) in [5.74, 6) is -0.0754. The minimum atomic E-state index is -0.0754. The molecule has 1 aromatic rings. The molecule has 1 aromatic carbocycles. The van der Waals surface area contributed by atoms with Crippen LogP contribution in [0.15, 0.2) is 24.3 Å². The van der Waals surface area contributed by atoms with Crippen molar-refractivity contribution in [2.45, 2.75) is 12.8 Å². The standard InChI is InChI=1S/C14H16N4O/c1-18(9-2-8-15)10-7-14(19)17-13-5-3-12(11-16)4-6-13/h3-6H,2,7,9-10H2,1H3,(H,17,19). The van der Waals surface area contributed by atoms with Gasteiger partial charge < -0.3 is 10.2 Å². The lowest BCUT2D eigenvalue weighted by molar-refractivity contribution is -0.116. The van der Waals surface area contributed by atoms with E-state index in [-0.39, 0.29) is 5.91 Å². The second-order valence-electron chi connectivity index (χ2n) is 4.20. The molecule has 1 rings (SSSR count). The molecule has 0 atom stereocenters. The number of nitrogens with zero attached hydrogens (tertiary/aromatic N) is 3. The minimum Gasteiger partial charge on any atom is -0.326 e. The molecule has 0 spiro atoms. The van der Waals surface area contributed by atoms with Crippen LogP contribution in [0.25, 0.3) is 0 Å². The van der Waals surface area contributed by atoms with E-state index in [0.29, 0.717) is 37.2 Å². The molecule has 0 bridgehead atoms. The fraction of sp³-hybridized carbons (Fsp3) is 0.357. The van der Waals surface area contributed by atoms with Crippen LogP contribution in [0.2, 0.25) is 0 Å². The third-order valence-corrected chi connectivity index (χ3v) is 2.62. The molecular weight excluding hydrogens is 240 g/mol. The molecule has 19 heavy (non-hydrogen) atoms. The maximum atomic E-state index is 11.7. The second kappa shape index (κ2) is 7.86. The third-order valence-electron chi connectivity index (χ3n) is 2.62. The van der Waals surface area contributed by atoms with Crippen molar-refractivity contribution in [1.82, 2.24) is 4.90 Å². The highest BCUT2D eigenvalue weighted by atomic mass is 16.1. The molecule has 98 valence electrons. The third kappa shape index (κ3) is 5.67. The SMILES string of the molecule is CN(CCC#N)CCC(=O)Nc1ccc(C#N)cc1. The number of anilines is 1. The first-order valence-electron chi connectivity index (χ1n) is 6.01. The summed E-state index contributed by atoms with van der Waals surface area (Å²) in [5, 5.41) is 19.9. The summed E-state index contributed by atoms with van der Waals surface area (Å²) in [7, 11) is 1.88. The van der Waals surface area contributed by atoms with Gasteiger partial charge in [-0.15, -0.1) is 0 Å². The van der Waals surface area contributed by atoms with E-state index in [0.717, 1.165) is 0 Å². The molecule has 0 saturated heterocycles. The number of carbonyl (C=O) groups is 1. The first kappa shape index (κ1) is 14.7. The molecule has 0 aromatic heterocycles. The number of rotatable bonds is 6. The summed E-state index contributed by atoms with van der Waals surface area (Å²) in [6.45, 7) is 1.28. The minimum absolute atomic E-state index is 0.0754. The zero-order valence-electron chi connectivity index (χ0n) is 10.9. The van der Waals surface area contributed by atoms with Crippen molar-refractivity contribution in [3.63, 3.8) is 0 Å². The Kier molecular flexibility index (Phi) is 6.08. The highest BCUT2D eigenvalue weighted by Crippen LogP contribution is 2.09. The van der Waals surface area contributed by atoms with Crippen LogP contribution in [0, 0.1) is 22.7 Å². The van der Waals surface area contributed by atoms with Gasteiger partial charge in [-0.2, -0.15) is 10.5 Å². The maximum Gasteiger partial charge on any atom is 0.225 e. The van der Waals surface area contributed by atoms with E-state index in [4.69, 9.17) is 10.5 Å². The summed E-state index contributed by atoms with van der Waals surface area (Å²) in [4.78, 5) is 13.6. The quantitative estimate of drug-likeness (QED) is 0.840. The Balaban J connectivity index is 2.35. The fourth-order valence-electron chi connectivity index (χ4n) is 1.50. The first-order valence-corrected chi connectivity index (χ1v) is 6.01. The van der Waals surface area contributed by atoms with Crippen LogP contribution in [-0.4, -0.2) is 30.9 Å². The molecule has 5 heteroatoms. The number of nitrogens with one attached hydrogen (secondary N) is 1. The Bertz CT molecular complexity index is 496. The lowest BCUT2D eigenvalue weighted by Crippen LogP contribution is -2.25. The molecule has 1 N–H and O–H groups in total. The van der Waals surface area contributed by atoms with E-state index in [2.05, 4.69) is 11.4 Å². The van der Waals surface area contributed by atoms with Gasteiger partial charge in [0.25, 0.3) is 0 Å². The van der Waals surface area contributed by atoms with Gasteiger partial charge in [0.1, 0.15) is 0 Å². The lowest BCUT2D eigenvalue weighted by atomic mass is 10.2. The monoisotopic (exact) mass is 256 g/mol. The normalized spacial score (nSPS) is 9.68. The van der Waals surface area contributed by atoms with Gasteiger partial charge in [0.05, 0.1) is 17.7 Å².